The van der Waals surface area contributed by atoms with Crippen molar-refractivity contribution in [1.82, 2.24) is 25.3 Å². The van der Waals surface area contributed by atoms with Crippen molar-refractivity contribution in [3.05, 3.63) is 12.7 Å². The second-order valence-electron chi connectivity index (χ2n) is 3.89. The van der Waals surface area contributed by atoms with E-state index in [4.69, 9.17) is 9.84 Å². The van der Waals surface area contributed by atoms with Crippen molar-refractivity contribution in [3.8, 4) is 0 Å². The minimum atomic E-state index is -1.11. The number of thioether (sulfide) groups is 1. The van der Waals surface area contributed by atoms with Crippen LogP contribution < -0.4 is 5.32 Å². The number of aromatic amines is 1. The van der Waals surface area contributed by atoms with E-state index in [9.17, 15) is 9.59 Å². The van der Waals surface area contributed by atoms with Crippen LogP contribution in [-0.4, -0.2) is 49.6 Å². The molecule has 2 heterocycles. The Morgan fingerprint density at radius 2 is 2.24 bits per heavy atom. The zero-order chi connectivity index (χ0) is 15.1. The van der Waals surface area contributed by atoms with Crippen LogP contribution in [0, 0.1) is 0 Å². The molecule has 2 aromatic rings. The van der Waals surface area contributed by atoms with E-state index in [0.29, 0.717) is 22.6 Å². The summed E-state index contributed by atoms with van der Waals surface area (Å²) in [4.78, 5) is 36.6. The number of hydrogen-bond acceptors (Lipinski definition) is 7. The number of nitrogens with zero attached hydrogens (tertiary/aromatic N) is 3. The van der Waals surface area contributed by atoms with Gasteiger partial charge in [-0.15, -0.1) is 0 Å². The number of H-pyrrole nitrogens is 1. The summed E-state index contributed by atoms with van der Waals surface area (Å²) in [6.45, 7) is 0.220. The van der Waals surface area contributed by atoms with Gasteiger partial charge in [0.1, 0.15) is 22.8 Å². The number of rotatable bonds is 7. The molecule has 9 nitrogen and oxygen atoms in total. The molecule has 2 rings (SSSR count). The van der Waals surface area contributed by atoms with Crippen LogP contribution in [0.3, 0.4) is 0 Å². The molecule has 0 spiro atoms. The molecule has 0 aliphatic carbocycles. The summed E-state index contributed by atoms with van der Waals surface area (Å²) in [5.41, 5.74) is 1.25. The highest BCUT2D eigenvalue weighted by molar-refractivity contribution is 7.99. The minimum absolute atomic E-state index is 0.121. The van der Waals surface area contributed by atoms with Gasteiger partial charge < -0.3 is 20.1 Å². The van der Waals surface area contributed by atoms with Gasteiger partial charge in [0.05, 0.1) is 6.33 Å². The van der Waals surface area contributed by atoms with Crippen LogP contribution in [0.25, 0.3) is 11.2 Å². The molecule has 3 N–H and O–H groups in total. The second kappa shape index (κ2) is 7.43. The van der Waals surface area contributed by atoms with E-state index in [1.807, 2.05) is 0 Å². The quantitative estimate of drug-likeness (QED) is 0.227. The Morgan fingerprint density at radius 1 is 1.38 bits per heavy atom. The number of esters is 1. The van der Waals surface area contributed by atoms with Gasteiger partial charge in [0, 0.05) is 13.0 Å². The zero-order valence-electron chi connectivity index (χ0n) is 10.9. The molecule has 1 amide bonds. The summed E-state index contributed by atoms with van der Waals surface area (Å²) >= 11 is 1.25. The summed E-state index contributed by atoms with van der Waals surface area (Å²) in [5.74, 6) is -0.263. The number of nitrogens with one attached hydrogen (secondary N) is 2. The molecule has 0 saturated carbocycles. The molecule has 0 saturated heterocycles. The third kappa shape index (κ3) is 4.60. The van der Waals surface area contributed by atoms with E-state index in [2.05, 4.69) is 25.3 Å². The number of carbonyl (C=O) groups is 2. The Morgan fingerprint density at radius 3 is 3.05 bits per heavy atom. The number of fused-ring (bicyclic) bond motifs is 1. The van der Waals surface area contributed by atoms with Crippen molar-refractivity contribution < 1.29 is 19.4 Å². The lowest BCUT2D eigenvalue weighted by molar-refractivity contribution is -0.141. The predicted molar refractivity (Wildman–Crippen MR) is 73.8 cm³/mol. The van der Waals surface area contributed by atoms with Gasteiger partial charge in [0.25, 0.3) is 0 Å². The van der Waals surface area contributed by atoms with E-state index in [0.717, 1.165) is 0 Å². The van der Waals surface area contributed by atoms with E-state index < -0.39 is 6.09 Å². The lowest BCUT2D eigenvalue weighted by Gasteiger charge is -2.04. The lowest BCUT2D eigenvalue weighted by Crippen LogP contribution is -2.22. The Hall–Kier alpha value is -2.36. The van der Waals surface area contributed by atoms with Gasteiger partial charge in [-0.1, -0.05) is 11.8 Å². The van der Waals surface area contributed by atoms with Crippen LogP contribution in [-0.2, 0) is 9.53 Å². The minimum Gasteiger partial charge on any atom is -0.465 e. The van der Waals surface area contributed by atoms with Crippen molar-refractivity contribution in [2.75, 3.05) is 12.5 Å². The average molecular weight is 311 g/mol. The molecule has 21 heavy (non-hydrogen) atoms. The van der Waals surface area contributed by atoms with Crippen LogP contribution in [0.1, 0.15) is 12.8 Å². The maximum Gasteiger partial charge on any atom is 0.404 e. The van der Waals surface area contributed by atoms with Gasteiger partial charge >= 0.3 is 12.1 Å². The number of ether oxygens (including phenoxy) is 1. The monoisotopic (exact) mass is 311 g/mol. The molecule has 0 bridgehead atoms. The van der Waals surface area contributed by atoms with Gasteiger partial charge in [-0.3, -0.25) is 4.79 Å². The molecule has 0 aliphatic rings. The summed E-state index contributed by atoms with van der Waals surface area (Å²) in [5, 5.41) is 11.2. The summed E-state index contributed by atoms with van der Waals surface area (Å²) in [7, 11) is 0. The Kier molecular flexibility index (Phi) is 5.32. The fraction of sp³-hybridized carbons (Fsp3) is 0.364. The highest BCUT2D eigenvalue weighted by atomic mass is 32.2. The molecule has 0 fully saturated rings. The maximum absolute atomic E-state index is 11.4. The molecular weight excluding hydrogens is 298 g/mol. The fourth-order valence-electron chi connectivity index (χ4n) is 1.50. The van der Waals surface area contributed by atoms with Gasteiger partial charge in [0.15, 0.2) is 5.65 Å². The maximum atomic E-state index is 11.4. The number of amides is 1. The molecule has 10 heteroatoms. The molecule has 2 aromatic heterocycles. The van der Waals surface area contributed by atoms with Crippen LogP contribution in [0.5, 0.6) is 0 Å². The first-order chi connectivity index (χ1) is 10.2. The van der Waals surface area contributed by atoms with Crippen LogP contribution in [0.2, 0.25) is 0 Å². The molecule has 0 radical (unpaired) electrons. The average Bonchev–Trinajstić information content (AvgIpc) is 2.93. The first-order valence-electron chi connectivity index (χ1n) is 6.06. The SMILES string of the molecule is O=C(O)NCCCC(=O)OCSc1ncnc2nc[nH]c12. The zero-order valence-corrected chi connectivity index (χ0v) is 11.7. The van der Waals surface area contributed by atoms with Crippen molar-refractivity contribution in [2.24, 2.45) is 0 Å². The molecule has 0 aromatic carbocycles. The van der Waals surface area contributed by atoms with Crippen molar-refractivity contribution in [2.45, 2.75) is 17.9 Å². The van der Waals surface area contributed by atoms with Crippen molar-refractivity contribution in [1.29, 1.82) is 0 Å². The summed E-state index contributed by atoms with van der Waals surface area (Å²) in [6, 6.07) is 0. The summed E-state index contributed by atoms with van der Waals surface area (Å²) < 4.78 is 5.03. The number of aromatic nitrogens is 4. The normalized spacial score (nSPS) is 10.5. The standard InChI is InChI=1S/C11H13N5O4S/c17-7(2-1-3-12-11(18)19)20-6-21-10-8-9(14-4-13-8)15-5-16-10/h4-5,12H,1-3,6H2,(H,18,19)(H,13,14,15,16). The van der Waals surface area contributed by atoms with Crippen LogP contribution in [0.15, 0.2) is 17.7 Å². The molecule has 0 unspecified atom stereocenters. The number of carboxylic acid groups (broad SMARTS) is 1. The lowest BCUT2D eigenvalue weighted by atomic mass is 10.3. The van der Waals surface area contributed by atoms with Crippen molar-refractivity contribution in [3.63, 3.8) is 0 Å². The van der Waals surface area contributed by atoms with Crippen LogP contribution >= 0.6 is 11.8 Å². The number of imidazole rings is 1. The van der Waals surface area contributed by atoms with E-state index >= 15 is 0 Å². The van der Waals surface area contributed by atoms with E-state index in [1.165, 1.54) is 24.4 Å². The smallest absolute Gasteiger partial charge is 0.404 e. The van der Waals surface area contributed by atoms with Gasteiger partial charge in [0.2, 0.25) is 0 Å². The Labute approximate surface area is 123 Å². The molecular formula is C11H13N5O4S. The number of hydrogen-bond donors (Lipinski definition) is 3. The predicted octanol–water partition coefficient (Wildman–Crippen LogP) is 0.993. The Bertz CT molecular complexity index is 632. The third-order valence-electron chi connectivity index (χ3n) is 2.44. The van der Waals surface area contributed by atoms with Gasteiger partial charge in [-0.25, -0.2) is 19.7 Å². The summed E-state index contributed by atoms with van der Waals surface area (Å²) in [6.07, 6.45) is 2.36. The topological polar surface area (TPSA) is 130 Å². The largest absolute Gasteiger partial charge is 0.465 e. The Balaban J connectivity index is 1.70. The molecule has 112 valence electrons. The van der Waals surface area contributed by atoms with Gasteiger partial charge in [-0.05, 0) is 6.42 Å². The number of carbonyl (C=O) groups excluding carboxylic acids is 1. The van der Waals surface area contributed by atoms with Gasteiger partial charge in [-0.2, -0.15) is 0 Å². The van der Waals surface area contributed by atoms with E-state index in [-0.39, 0.29) is 24.9 Å². The first-order valence-corrected chi connectivity index (χ1v) is 7.04. The van der Waals surface area contributed by atoms with E-state index in [1.54, 1.807) is 0 Å². The highest BCUT2D eigenvalue weighted by Gasteiger charge is 2.08. The fourth-order valence-corrected chi connectivity index (χ4v) is 2.22. The van der Waals surface area contributed by atoms with Crippen LogP contribution in [0.4, 0.5) is 4.79 Å². The van der Waals surface area contributed by atoms with Crippen molar-refractivity contribution >= 4 is 35.0 Å². The highest BCUT2D eigenvalue weighted by Crippen LogP contribution is 2.21. The second-order valence-corrected chi connectivity index (χ2v) is 4.81. The molecule has 0 aliphatic heterocycles. The molecule has 0 atom stereocenters. The third-order valence-corrected chi connectivity index (χ3v) is 3.26. The first kappa shape index (κ1) is 15.0.